The minimum Gasteiger partial charge on any atom is -0.548 e. The molecule has 0 aliphatic rings. The summed E-state index contributed by atoms with van der Waals surface area (Å²) in [7, 11) is -1.82. The van der Waals surface area contributed by atoms with Gasteiger partial charge in [-0.3, -0.25) is 0 Å². The van der Waals surface area contributed by atoms with Crippen LogP contribution in [-0.2, 0) is 4.43 Å². The average molecular weight is 299 g/mol. The van der Waals surface area contributed by atoms with Gasteiger partial charge in [0.25, 0.3) is 8.32 Å². The van der Waals surface area contributed by atoms with E-state index in [2.05, 4.69) is 41.5 Å². The summed E-state index contributed by atoms with van der Waals surface area (Å²) in [5.41, 5.74) is 2.88. The van der Waals surface area contributed by atoms with Gasteiger partial charge in [0.15, 0.2) is 0 Å². The molecule has 0 aromatic heterocycles. The van der Waals surface area contributed by atoms with Crippen LogP contribution in [-0.4, -0.2) is 19.5 Å². The number of allylic oxidation sites excluding steroid dienone is 1. The Labute approximate surface area is 127 Å². The number of hydrogen-bond donors (Lipinski definition) is 1. The van der Waals surface area contributed by atoms with Crippen molar-refractivity contribution in [3.05, 3.63) is 24.0 Å². The molecule has 0 aliphatic carbocycles. The normalized spacial score (nSPS) is 14.4. The predicted octanol–water partition coefficient (Wildman–Crippen LogP) is 5.41. The topological polar surface area (TPSA) is 29.5 Å². The van der Waals surface area contributed by atoms with E-state index in [1.807, 2.05) is 32.3 Å². The van der Waals surface area contributed by atoms with Gasteiger partial charge in [-0.1, -0.05) is 53.2 Å². The Morgan fingerprint density at radius 1 is 1.00 bits per heavy atom. The van der Waals surface area contributed by atoms with Crippen molar-refractivity contribution in [3.63, 3.8) is 0 Å². The second-order valence-electron chi connectivity index (χ2n) is 6.85. The Hall–Kier alpha value is -0.543. The van der Waals surface area contributed by atoms with E-state index in [1.54, 1.807) is 0 Å². The van der Waals surface area contributed by atoms with E-state index in [-0.39, 0.29) is 0 Å². The Morgan fingerprint density at radius 3 is 1.80 bits per heavy atom. The van der Waals surface area contributed by atoms with Crippen LogP contribution in [0.4, 0.5) is 0 Å². The molecule has 0 unspecified atom stereocenters. The minimum absolute atomic E-state index is 0.409. The van der Waals surface area contributed by atoms with Crippen LogP contribution in [0.1, 0.15) is 61.8 Å². The van der Waals surface area contributed by atoms with E-state index in [0.29, 0.717) is 23.0 Å². The monoisotopic (exact) mass is 298 g/mol. The first-order valence-corrected chi connectivity index (χ1v) is 9.94. The summed E-state index contributed by atoms with van der Waals surface area (Å²) < 4.78 is 6.30. The van der Waals surface area contributed by atoms with Crippen molar-refractivity contribution >= 4 is 8.32 Å². The fourth-order valence-corrected chi connectivity index (χ4v) is 8.37. The van der Waals surface area contributed by atoms with Crippen molar-refractivity contribution < 1.29 is 9.53 Å². The molecule has 3 heteroatoms. The van der Waals surface area contributed by atoms with Gasteiger partial charge in [0, 0.05) is 0 Å². The van der Waals surface area contributed by atoms with Crippen molar-refractivity contribution in [2.24, 2.45) is 0 Å². The predicted molar refractivity (Wildman–Crippen MR) is 91.3 cm³/mol. The molecule has 0 aromatic carbocycles. The molecular weight excluding hydrogens is 264 g/mol. The fraction of sp³-hybridized carbons (Fsp3) is 0.765. The second kappa shape index (κ2) is 8.68. The molecule has 0 saturated carbocycles. The number of aliphatic hydroxyl groups is 1. The molecule has 1 atom stereocenters. The zero-order valence-electron chi connectivity index (χ0n) is 14.6. The maximum absolute atomic E-state index is 9.80. The maximum atomic E-state index is 9.80. The number of aliphatic hydroxyl groups excluding tert-OH is 1. The molecule has 0 amide bonds. The highest BCUT2D eigenvalue weighted by atomic mass is 28.4. The molecule has 0 saturated heterocycles. The molecule has 0 rings (SSSR count). The number of hydrogen-bond acceptors (Lipinski definition) is 2. The molecule has 0 heterocycles. The van der Waals surface area contributed by atoms with Gasteiger partial charge in [0.2, 0.25) is 0 Å². The molecule has 0 bridgehead atoms. The third-order valence-electron chi connectivity index (χ3n) is 3.98. The lowest BCUT2D eigenvalue weighted by atomic mass is 10.2. The number of rotatable bonds is 8. The molecule has 2 nitrogen and oxygen atoms in total. The first-order valence-electron chi connectivity index (χ1n) is 7.80. The summed E-state index contributed by atoms with van der Waals surface area (Å²) in [6.45, 7) is 17.7. The van der Waals surface area contributed by atoms with Gasteiger partial charge in [-0.2, -0.15) is 0 Å². The van der Waals surface area contributed by atoms with Crippen molar-refractivity contribution in [2.45, 2.75) is 84.5 Å². The minimum atomic E-state index is -1.82. The first kappa shape index (κ1) is 19.5. The van der Waals surface area contributed by atoms with Gasteiger partial charge >= 0.3 is 0 Å². The fourth-order valence-electron chi connectivity index (χ4n) is 3.22. The van der Waals surface area contributed by atoms with E-state index in [4.69, 9.17) is 4.43 Å². The smallest absolute Gasteiger partial charge is 0.257 e. The summed E-state index contributed by atoms with van der Waals surface area (Å²) in [4.78, 5) is 0. The Bertz CT molecular complexity index is 304. The van der Waals surface area contributed by atoms with Gasteiger partial charge < -0.3 is 9.53 Å². The van der Waals surface area contributed by atoms with Crippen molar-refractivity contribution in [1.29, 1.82) is 0 Å². The van der Waals surface area contributed by atoms with Gasteiger partial charge in [-0.15, -0.1) is 0 Å². The van der Waals surface area contributed by atoms with Gasteiger partial charge in [-0.25, -0.2) is 0 Å². The van der Waals surface area contributed by atoms with Crippen LogP contribution in [0, 0.1) is 0 Å². The molecular formula is C17H34O2Si. The Kier molecular flexibility index (Phi) is 8.44. The quantitative estimate of drug-likeness (QED) is 0.369. The van der Waals surface area contributed by atoms with Crippen LogP contribution >= 0.6 is 0 Å². The molecule has 0 aliphatic heterocycles. The second-order valence-corrected chi connectivity index (χ2v) is 12.3. The van der Waals surface area contributed by atoms with E-state index >= 15 is 0 Å². The van der Waals surface area contributed by atoms with Gasteiger partial charge in [0.1, 0.15) is 0 Å². The van der Waals surface area contributed by atoms with Crippen LogP contribution in [0.25, 0.3) is 0 Å². The summed E-state index contributed by atoms with van der Waals surface area (Å²) in [5, 5.41) is 9.80. The maximum Gasteiger partial charge on any atom is 0.257 e. The third-order valence-corrected chi connectivity index (χ3v) is 9.94. The van der Waals surface area contributed by atoms with E-state index < -0.39 is 14.4 Å². The highest BCUT2D eigenvalue weighted by Gasteiger charge is 2.46. The van der Waals surface area contributed by atoms with E-state index in [1.165, 1.54) is 0 Å². The van der Waals surface area contributed by atoms with Crippen molar-refractivity contribution in [1.82, 2.24) is 0 Å². The molecule has 0 radical (unpaired) electrons. The molecule has 118 valence electrons. The molecule has 0 fully saturated rings. The third kappa shape index (κ3) is 5.45. The summed E-state index contributed by atoms with van der Waals surface area (Å²) in [6, 6.07) is 0. The lowest BCUT2D eigenvalue weighted by Crippen LogP contribution is -2.46. The molecule has 0 spiro atoms. The lowest BCUT2D eigenvalue weighted by Gasteiger charge is -2.41. The van der Waals surface area contributed by atoms with Crippen LogP contribution in [0.2, 0.25) is 16.6 Å². The first-order chi connectivity index (χ1) is 9.14. The Balaban J connectivity index is 4.75. The zero-order chi connectivity index (χ0) is 15.9. The van der Waals surface area contributed by atoms with Gasteiger partial charge in [0.05, 0.1) is 12.4 Å². The van der Waals surface area contributed by atoms with Crippen molar-refractivity contribution in [3.8, 4) is 0 Å². The summed E-state index contributed by atoms with van der Waals surface area (Å²) >= 11 is 0. The van der Waals surface area contributed by atoms with Crippen LogP contribution in [0.5, 0.6) is 0 Å². The summed E-state index contributed by atoms with van der Waals surface area (Å²) in [5.74, 6) is 0. The highest BCUT2D eigenvalue weighted by Crippen LogP contribution is 2.42. The van der Waals surface area contributed by atoms with E-state index in [0.717, 1.165) is 5.57 Å². The molecule has 20 heavy (non-hydrogen) atoms. The standard InChI is InChI=1S/C17H34O2Si/c1-13(2)12-17(18)10-9-11-19-20(14(3)4,15(5)6)16(7)8/h9,11-12,14-18H,10H2,1-8H3/b11-9-/t17-/m0/s1. The van der Waals surface area contributed by atoms with Crippen molar-refractivity contribution in [2.75, 3.05) is 0 Å². The SMILES string of the molecule is CC(C)=C[C@@H](O)C/C=C\O[Si](C(C)C)(C(C)C)C(C)C. The van der Waals surface area contributed by atoms with Crippen LogP contribution < -0.4 is 0 Å². The molecule has 0 aromatic rings. The van der Waals surface area contributed by atoms with Gasteiger partial charge in [-0.05, 0) is 43.0 Å². The summed E-state index contributed by atoms with van der Waals surface area (Å²) in [6.07, 6.45) is 5.88. The van der Waals surface area contributed by atoms with E-state index in [9.17, 15) is 5.11 Å². The lowest BCUT2D eigenvalue weighted by molar-refractivity contribution is 0.225. The largest absolute Gasteiger partial charge is 0.548 e. The average Bonchev–Trinajstić information content (AvgIpc) is 2.26. The zero-order valence-corrected chi connectivity index (χ0v) is 15.6. The molecule has 1 N–H and O–H groups in total. The highest BCUT2D eigenvalue weighted by molar-refractivity contribution is 6.77. The van der Waals surface area contributed by atoms with Crippen LogP contribution in [0.3, 0.4) is 0 Å². The van der Waals surface area contributed by atoms with Crippen LogP contribution in [0.15, 0.2) is 24.0 Å². The Morgan fingerprint density at radius 2 is 1.45 bits per heavy atom.